The van der Waals surface area contributed by atoms with Crippen molar-refractivity contribution in [3.8, 4) is 0 Å². The number of aryl methyl sites for hydroxylation is 1. The number of hydrogen-bond donors (Lipinski definition) is 2. The van der Waals surface area contributed by atoms with Gasteiger partial charge in [-0.2, -0.15) is 0 Å². The predicted molar refractivity (Wildman–Crippen MR) is 73.8 cm³/mol. The van der Waals surface area contributed by atoms with Gasteiger partial charge in [-0.1, -0.05) is 19.4 Å². The molecule has 6 heteroatoms. The second-order valence-corrected chi connectivity index (χ2v) is 4.85. The third kappa shape index (κ3) is 5.89. The van der Waals surface area contributed by atoms with Crippen LogP contribution in [0.2, 0.25) is 0 Å². The van der Waals surface area contributed by atoms with Gasteiger partial charge in [-0.05, 0) is 37.0 Å². The highest BCUT2D eigenvalue weighted by Gasteiger charge is 2.18. The van der Waals surface area contributed by atoms with Crippen molar-refractivity contribution in [1.29, 1.82) is 0 Å². The fourth-order valence-electron chi connectivity index (χ4n) is 1.96. The van der Waals surface area contributed by atoms with Crippen LogP contribution in [-0.4, -0.2) is 23.0 Å². The average molecular weight is 299 g/mol. The zero-order chi connectivity index (χ0) is 15.8. The number of carboxylic acid groups (broad SMARTS) is 1. The van der Waals surface area contributed by atoms with Crippen molar-refractivity contribution in [2.75, 3.05) is 0 Å². The zero-order valence-corrected chi connectivity index (χ0v) is 11.9. The fraction of sp³-hybridized carbons (Fsp3) is 0.467. The summed E-state index contributed by atoms with van der Waals surface area (Å²) in [7, 11) is 0. The maximum absolute atomic E-state index is 13.0. The average Bonchev–Trinajstić information content (AvgIpc) is 2.42. The second kappa shape index (κ2) is 8.34. The van der Waals surface area contributed by atoms with E-state index in [9.17, 15) is 18.4 Å². The third-order valence-electron chi connectivity index (χ3n) is 3.06. The van der Waals surface area contributed by atoms with Crippen LogP contribution < -0.4 is 5.32 Å². The summed E-state index contributed by atoms with van der Waals surface area (Å²) in [6.07, 6.45) is 2.05. The standard InChI is InChI=1S/C15H19F2NO3/c1-2-4-13(15(20)21)18-14(19)6-3-5-10-7-8-11(16)12(17)9-10/h7-9,13H,2-6H2,1H3,(H,18,19)(H,20,21). The van der Waals surface area contributed by atoms with Gasteiger partial charge in [-0.15, -0.1) is 0 Å². The Balaban J connectivity index is 2.39. The molecular formula is C15H19F2NO3. The zero-order valence-electron chi connectivity index (χ0n) is 11.9. The molecule has 2 N–H and O–H groups in total. The molecule has 0 saturated carbocycles. The summed E-state index contributed by atoms with van der Waals surface area (Å²) in [6, 6.07) is 2.75. The largest absolute Gasteiger partial charge is 0.480 e. The van der Waals surface area contributed by atoms with Gasteiger partial charge in [0.05, 0.1) is 0 Å². The summed E-state index contributed by atoms with van der Waals surface area (Å²) in [5, 5.41) is 11.4. The lowest BCUT2D eigenvalue weighted by Gasteiger charge is -2.13. The van der Waals surface area contributed by atoms with Crippen LogP contribution in [0.1, 0.15) is 38.2 Å². The van der Waals surface area contributed by atoms with Gasteiger partial charge >= 0.3 is 5.97 Å². The number of benzene rings is 1. The van der Waals surface area contributed by atoms with E-state index in [2.05, 4.69) is 5.32 Å². The van der Waals surface area contributed by atoms with E-state index in [1.807, 2.05) is 6.92 Å². The molecule has 0 bridgehead atoms. The number of rotatable bonds is 8. The molecule has 0 aliphatic carbocycles. The van der Waals surface area contributed by atoms with Gasteiger partial charge < -0.3 is 10.4 Å². The summed E-state index contributed by atoms with van der Waals surface area (Å²) in [6.45, 7) is 1.84. The Morgan fingerprint density at radius 3 is 2.57 bits per heavy atom. The third-order valence-corrected chi connectivity index (χ3v) is 3.06. The smallest absolute Gasteiger partial charge is 0.326 e. The number of aliphatic carboxylic acids is 1. The highest BCUT2D eigenvalue weighted by molar-refractivity contribution is 5.83. The van der Waals surface area contributed by atoms with Gasteiger partial charge in [0, 0.05) is 6.42 Å². The molecule has 1 aromatic carbocycles. The van der Waals surface area contributed by atoms with E-state index in [1.54, 1.807) is 0 Å². The molecule has 1 rings (SSSR count). The Labute approximate surface area is 122 Å². The van der Waals surface area contributed by atoms with E-state index < -0.39 is 23.6 Å². The lowest BCUT2D eigenvalue weighted by atomic mass is 10.1. The molecule has 1 unspecified atom stereocenters. The number of amides is 1. The number of hydrogen-bond acceptors (Lipinski definition) is 2. The molecule has 21 heavy (non-hydrogen) atoms. The van der Waals surface area contributed by atoms with Crippen molar-refractivity contribution in [2.24, 2.45) is 0 Å². The first-order chi connectivity index (χ1) is 9.93. The predicted octanol–water partition coefficient (Wildman–Crippen LogP) is 2.66. The Morgan fingerprint density at radius 1 is 1.29 bits per heavy atom. The molecule has 0 heterocycles. The molecule has 1 amide bonds. The van der Waals surface area contributed by atoms with Gasteiger partial charge in [0.15, 0.2) is 11.6 Å². The molecule has 116 valence electrons. The van der Waals surface area contributed by atoms with E-state index in [-0.39, 0.29) is 12.3 Å². The van der Waals surface area contributed by atoms with Crippen LogP contribution in [0.25, 0.3) is 0 Å². The van der Waals surface area contributed by atoms with Crippen LogP contribution in [0.4, 0.5) is 8.78 Å². The highest BCUT2D eigenvalue weighted by atomic mass is 19.2. The topological polar surface area (TPSA) is 66.4 Å². The first kappa shape index (κ1) is 17.1. The molecule has 0 spiro atoms. The second-order valence-electron chi connectivity index (χ2n) is 4.85. The summed E-state index contributed by atoms with van der Waals surface area (Å²) in [4.78, 5) is 22.5. The van der Waals surface area contributed by atoms with Crippen molar-refractivity contribution in [2.45, 2.75) is 45.1 Å². The first-order valence-electron chi connectivity index (χ1n) is 6.90. The summed E-state index contributed by atoms with van der Waals surface area (Å²) in [5.74, 6) is -3.21. The molecular weight excluding hydrogens is 280 g/mol. The molecule has 0 aliphatic heterocycles. The monoisotopic (exact) mass is 299 g/mol. The molecule has 0 fully saturated rings. The minimum atomic E-state index is -1.05. The van der Waals surface area contributed by atoms with Crippen molar-refractivity contribution in [1.82, 2.24) is 5.32 Å². The summed E-state index contributed by atoms with van der Waals surface area (Å²) >= 11 is 0. The van der Waals surface area contributed by atoms with Crippen LogP contribution >= 0.6 is 0 Å². The van der Waals surface area contributed by atoms with Crippen LogP contribution in [0.15, 0.2) is 18.2 Å². The van der Waals surface area contributed by atoms with Crippen LogP contribution in [0.5, 0.6) is 0 Å². The molecule has 0 saturated heterocycles. The number of halogens is 2. The normalized spacial score (nSPS) is 12.0. The number of carbonyl (C=O) groups excluding carboxylic acids is 1. The Hall–Kier alpha value is -1.98. The van der Waals surface area contributed by atoms with E-state index in [4.69, 9.17) is 5.11 Å². The van der Waals surface area contributed by atoms with Crippen molar-refractivity contribution < 1.29 is 23.5 Å². The van der Waals surface area contributed by atoms with Crippen molar-refractivity contribution in [3.63, 3.8) is 0 Å². The van der Waals surface area contributed by atoms with Crippen LogP contribution in [-0.2, 0) is 16.0 Å². The molecule has 4 nitrogen and oxygen atoms in total. The first-order valence-corrected chi connectivity index (χ1v) is 6.90. The van der Waals surface area contributed by atoms with Crippen molar-refractivity contribution in [3.05, 3.63) is 35.4 Å². The van der Waals surface area contributed by atoms with E-state index in [1.165, 1.54) is 6.07 Å². The molecule has 0 radical (unpaired) electrons. The van der Waals surface area contributed by atoms with Crippen molar-refractivity contribution >= 4 is 11.9 Å². The van der Waals surface area contributed by atoms with Gasteiger partial charge in [0.1, 0.15) is 6.04 Å². The quantitative estimate of drug-likeness (QED) is 0.775. The van der Waals surface area contributed by atoms with Gasteiger partial charge in [0.2, 0.25) is 5.91 Å². The van der Waals surface area contributed by atoms with E-state index in [0.29, 0.717) is 31.2 Å². The van der Waals surface area contributed by atoms with Gasteiger partial charge in [-0.25, -0.2) is 13.6 Å². The lowest BCUT2D eigenvalue weighted by molar-refractivity contribution is -0.142. The Bertz CT molecular complexity index is 506. The molecule has 1 atom stereocenters. The SMILES string of the molecule is CCCC(NC(=O)CCCc1ccc(F)c(F)c1)C(=O)O. The van der Waals surface area contributed by atoms with E-state index >= 15 is 0 Å². The lowest BCUT2D eigenvalue weighted by Crippen LogP contribution is -2.40. The number of carbonyl (C=O) groups is 2. The Morgan fingerprint density at radius 2 is 2.00 bits per heavy atom. The highest BCUT2D eigenvalue weighted by Crippen LogP contribution is 2.11. The number of nitrogens with one attached hydrogen (secondary N) is 1. The molecule has 0 aromatic heterocycles. The Kier molecular flexibility index (Phi) is 6.78. The minimum Gasteiger partial charge on any atom is -0.480 e. The molecule has 1 aromatic rings. The number of carboxylic acids is 1. The van der Waals surface area contributed by atoms with Crippen LogP contribution in [0, 0.1) is 11.6 Å². The minimum absolute atomic E-state index is 0.145. The maximum Gasteiger partial charge on any atom is 0.326 e. The van der Waals surface area contributed by atoms with Gasteiger partial charge in [-0.3, -0.25) is 4.79 Å². The maximum atomic E-state index is 13.0. The summed E-state index contributed by atoms with van der Waals surface area (Å²) < 4.78 is 25.7. The summed E-state index contributed by atoms with van der Waals surface area (Å²) in [5.41, 5.74) is 0.602. The van der Waals surface area contributed by atoms with E-state index in [0.717, 1.165) is 12.1 Å². The molecule has 0 aliphatic rings. The van der Waals surface area contributed by atoms with Gasteiger partial charge in [0.25, 0.3) is 0 Å². The fourth-order valence-corrected chi connectivity index (χ4v) is 1.96. The van der Waals surface area contributed by atoms with Crippen LogP contribution in [0.3, 0.4) is 0 Å².